The lowest BCUT2D eigenvalue weighted by atomic mass is 9.81. The summed E-state index contributed by atoms with van der Waals surface area (Å²) in [6, 6.07) is 9.76. The highest BCUT2D eigenvalue weighted by atomic mass is 35.5. The second-order valence-electron chi connectivity index (χ2n) is 8.91. The van der Waals surface area contributed by atoms with Crippen LogP contribution in [0.5, 0.6) is 0 Å². The van der Waals surface area contributed by atoms with Crippen LogP contribution in [-0.2, 0) is 20.8 Å². The van der Waals surface area contributed by atoms with Gasteiger partial charge in [-0.1, -0.05) is 17.7 Å². The van der Waals surface area contributed by atoms with Gasteiger partial charge in [-0.3, -0.25) is 24.2 Å². The van der Waals surface area contributed by atoms with E-state index in [4.69, 9.17) is 16.4 Å². The van der Waals surface area contributed by atoms with Crippen molar-refractivity contribution < 1.29 is 19.2 Å². The molecule has 0 unspecified atom stereocenters. The quantitative estimate of drug-likeness (QED) is 0.633. The summed E-state index contributed by atoms with van der Waals surface area (Å²) in [5.74, 6) is -0.385. The smallest absolute Gasteiger partial charge is 0.256 e. The van der Waals surface area contributed by atoms with Crippen LogP contribution in [0.4, 0.5) is 5.69 Å². The van der Waals surface area contributed by atoms with Crippen molar-refractivity contribution in [2.24, 2.45) is 11.8 Å². The van der Waals surface area contributed by atoms with E-state index in [9.17, 15) is 14.4 Å². The van der Waals surface area contributed by atoms with E-state index in [1.807, 2.05) is 18.2 Å². The first-order valence-electron chi connectivity index (χ1n) is 11.5. The fraction of sp³-hybridized carbons (Fsp3) is 0.440. The van der Waals surface area contributed by atoms with E-state index in [-0.39, 0.29) is 29.6 Å². The van der Waals surface area contributed by atoms with Crippen LogP contribution >= 0.6 is 11.6 Å². The van der Waals surface area contributed by atoms with Crippen LogP contribution < -0.4 is 5.32 Å². The van der Waals surface area contributed by atoms with E-state index < -0.39 is 6.04 Å². The summed E-state index contributed by atoms with van der Waals surface area (Å²) in [6.07, 6.45) is 5.03. The largest absolute Gasteiger partial charge is 0.326 e. The number of halogens is 1. The minimum Gasteiger partial charge on any atom is -0.326 e. The van der Waals surface area contributed by atoms with Crippen LogP contribution in [0.15, 0.2) is 42.6 Å². The summed E-state index contributed by atoms with van der Waals surface area (Å²) in [7, 11) is 3.10. The van der Waals surface area contributed by atoms with Crippen LogP contribution in [0.25, 0.3) is 0 Å². The Balaban J connectivity index is 1.56. The number of aromatic nitrogens is 1. The Kier molecular flexibility index (Phi) is 7.48. The van der Waals surface area contributed by atoms with Gasteiger partial charge in [-0.25, -0.2) is 5.06 Å². The zero-order valence-corrected chi connectivity index (χ0v) is 20.1. The molecule has 1 aromatic carbocycles. The van der Waals surface area contributed by atoms with Crippen molar-refractivity contribution in [2.75, 3.05) is 26.0 Å². The molecule has 1 N–H and O–H groups in total. The lowest BCUT2D eigenvalue weighted by Gasteiger charge is -2.35. The Morgan fingerprint density at radius 3 is 2.65 bits per heavy atom. The van der Waals surface area contributed by atoms with Gasteiger partial charge in [-0.15, -0.1) is 0 Å². The van der Waals surface area contributed by atoms with Crippen molar-refractivity contribution in [1.29, 1.82) is 0 Å². The molecule has 1 aliphatic heterocycles. The first-order chi connectivity index (χ1) is 16.4. The number of carbonyl (C=O) groups excluding carboxylic acids is 3. The number of benzene rings is 1. The van der Waals surface area contributed by atoms with E-state index in [1.54, 1.807) is 36.3 Å². The van der Waals surface area contributed by atoms with Crippen LogP contribution in [0, 0.1) is 11.8 Å². The zero-order chi connectivity index (χ0) is 24.2. The van der Waals surface area contributed by atoms with Crippen LogP contribution in [0.1, 0.15) is 41.7 Å². The minimum absolute atomic E-state index is 0.0231. The highest BCUT2D eigenvalue weighted by molar-refractivity contribution is 6.31. The van der Waals surface area contributed by atoms with Gasteiger partial charge < -0.3 is 10.2 Å². The van der Waals surface area contributed by atoms with Gasteiger partial charge in [-0.05, 0) is 61.9 Å². The molecule has 1 aromatic heterocycles. The zero-order valence-electron chi connectivity index (χ0n) is 19.4. The van der Waals surface area contributed by atoms with Crippen molar-refractivity contribution in [3.05, 3.63) is 58.9 Å². The molecule has 1 atom stereocenters. The van der Waals surface area contributed by atoms with E-state index in [0.717, 1.165) is 31.4 Å². The number of hydrogen-bond donors (Lipinski definition) is 1. The summed E-state index contributed by atoms with van der Waals surface area (Å²) in [4.78, 5) is 50.5. The Hall–Kier alpha value is -2.97. The molecule has 0 saturated heterocycles. The Labute approximate surface area is 204 Å². The number of anilines is 1. The molecule has 2 aromatic rings. The molecule has 0 bridgehead atoms. The third kappa shape index (κ3) is 5.23. The third-order valence-electron chi connectivity index (χ3n) is 6.77. The number of carbonyl (C=O) groups is 3. The lowest BCUT2D eigenvalue weighted by Crippen LogP contribution is -2.49. The molecular formula is C25H29ClN4O4. The molecule has 1 fully saturated rings. The predicted octanol–water partition coefficient (Wildman–Crippen LogP) is 3.57. The maximum Gasteiger partial charge on any atom is 0.256 e. The van der Waals surface area contributed by atoms with Crippen molar-refractivity contribution in [3.63, 3.8) is 0 Å². The fourth-order valence-corrected chi connectivity index (χ4v) is 4.98. The summed E-state index contributed by atoms with van der Waals surface area (Å²) < 4.78 is 0. The van der Waals surface area contributed by atoms with E-state index in [0.29, 0.717) is 29.2 Å². The van der Waals surface area contributed by atoms with E-state index >= 15 is 0 Å². The number of amides is 3. The highest BCUT2D eigenvalue weighted by Crippen LogP contribution is 2.33. The minimum atomic E-state index is -0.701. The molecule has 180 valence electrons. The molecule has 2 heterocycles. The second-order valence-corrected chi connectivity index (χ2v) is 9.35. The predicted molar refractivity (Wildman–Crippen MR) is 128 cm³/mol. The highest BCUT2D eigenvalue weighted by Gasteiger charge is 2.38. The molecule has 34 heavy (non-hydrogen) atoms. The van der Waals surface area contributed by atoms with Gasteiger partial charge in [0.2, 0.25) is 11.8 Å². The van der Waals surface area contributed by atoms with E-state index in [1.165, 1.54) is 12.2 Å². The molecule has 4 rings (SSSR count). The number of nitrogens with zero attached hydrogens (tertiary/aromatic N) is 3. The monoisotopic (exact) mass is 484 g/mol. The molecule has 3 amide bonds. The Morgan fingerprint density at radius 1 is 1.21 bits per heavy atom. The number of pyridine rings is 1. The van der Waals surface area contributed by atoms with Gasteiger partial charge >= 0.3 is 0 Å². The molecule has 0 spiro atoms. The molecule has 9 heteroatoms. The maximum atomic E-state index is 13.7. The summed E-state index contributed by atoms with van der Waals surface area (Å²) >= 11 is 6.13. The number of rotatable bonds is 6. The van der Waals surface area contributed by atoms with Crippen LogP contribution in [0.3, 0.4) is 0 Å². The van der Waals surface area contributed by atoms with Gasteiger partial charge in [0.1, 0.15) is 6.04 Å². The molecule has 1 aliphatic carbocycles. The molecular weight excluding hydrogens is 456 g/mol. The van der Waals surface area contributed by atoms with Crippen LogP contribution in [0.2, 0.25) is 5.02 Å². The van der Waals surface area contributed by atoms with Gasteiger partial charge in [0.25, 0.3) is 5.91 Å². The Bertz CT molecular complexity index is 1060. The number of fused-ring (bicyclic) bond motifs is 1. The van der Waals surface area contributed by atoms with Crippen molar-refractivity contribution in [3.8, 4) is 0 Å². The summed E-state index contributed by atoms with van der Waals surface area (Å²) in [6.45, 7) is 0.437. The lowest BCUT2D eigenvalue weighted by molar-refractivity contribution is -0.174. The van der Waals surface area contributed by atoms with Gasteiger partial charge in [-0.2, -0.15) is 0 Å². The normalized spacial score (nSPS) is 22.6. The average Bonchev–Trinajstić information content (AvgIpc) is 2.94. The molecule has 0 radical (unpaired) electrons. The van der Waals surface area contributed by atoms with Crippen molar-refractivity contribution in [2.45, 2.75) is 38.1 Å². The fourth-order valence-electron chi connectivity index (χ4n) is 4.81. The van der Waals surface area contributed by atoms with Crippen molar-refractivity contribution in [1.82, 2.24) is 14.9 Å². The van der Waals surface area contributed by atoms with Gasteiger partial charge in [0.05, 0.1) is 18.4 Å². The summed E-state index contributed by atoms with van der Waals surface area (Å²) in [5, 5.41) is 4.62. The van der Waals surface area contributed by atoms with E-state index in [2.05, 4.69) is 10.3 Å². The van der Waals surface area contributed by atoms with Gasteiger partial charge in [0, 0.05) is 42.8 Å². The first-order valence-corrected chi connectivity index (χ1v) is 11.9. The first kappa shape index (κ1) is 24.2. The van der Waals surface area contributed by atoms with Crippen LogP contribution in [-0.4, -0.2) is 59.4 Å². The topological polar surface area (TPSA) is 91.8 Å². The average molecular weight is 485 g/mol. The number of hydroxylamine groups is 2. The number of nitrogens with one attached hydrogen (secondary N) is 1. The summed E-state index contributed by atoms with van der Waals surface area (Å²) in [5.41, 5.74) is 1.58. The van der Waals surface area contributed by atoms with Gasteiger partial charge in [0.15, 0.2) is 0 Å². The SMILES string of the molecule is CON(C)C(=O)C1CCC(CN2C(=O)c3ccc(Cl)cc3NC(=O)[C@H]2Cc2ccccn2)CC1. The maximum absolute atomic E-state index is 13.7. The third-order valence-corrected chi connectivity index (χ3v) is 7.01. The molecule has 2 aliphatic rings. The molecule has 1 saturated carbocycles. The number of hydrogen-bond acceptors (Lipinski definition) is 5. The second kappa shape index (κ2) is 10.5. The molecule has 8 nitrogen and oxygen atoms in total. The standard InChI is InChI=1S/C25H29ClN4O4/c1-29(34-2)24(32)17-8-6-16(7-9-17)15-30-22(14-19-5-3-4-12-27-19)23(31)28-21-13-18(26)10-11-20(21)25(30)33/h3-5,10-13,16-17,22H,6-9,14-15H2,1-2H3,(H,28,31)/t16?,17?,22-/m1/s1. The van der Waals surface area contributed by atoms with Crippen molar-refractivity contribution >= 4 is 35.0 Å². The Morgan fingerprint density at radius 2 is 1.97 bits per heavy atom.